The summed E-state index contributed by atoms with van der Waals surface area (Å²) in [5, 5.41) is 0. The Hall–Kier alpha value is -0.720. The highest BCUT2D eigenvalue weighted by atomic mass is 32.2. The predicted molar refractivity (Wildman–Crippen MR) is 107 cm³/mol. The van der Waals surface area contributed by atoms with Crippen molar-refractivity contribution in [2.45, 2.75) is 91.0 Å². The number of rotatable bonds is 6. The van der Waals surface area contributed by atoms with E-state index in [-0.39, 0.29) is 17.1 Å². The Labute approximate surface area is 173 Å². The topological polar surface area (TPSA) is 43.4 Å². The van der Waals surface area contributed by atoms with Gasteiger partial charge in [-0.2, -0.15) is 21.6 Å². The summed E-state index contributed by atoms with van der Waals surface area (Å²) in [5.74, 6) is 1.86. The Morgan fingerprint density at radius 1 is 1.10 bits per heavy atom. The zero-order valence-electron chi connectivity index (χ0n) is 18.0. The molecule has 168 valence electrons. The molecule has 0 radical (unpaired) electrons. The maximum absolute atomic E-state index is 12.9. The van der Waals surface area contributed by atoms with Crippen LogP contribution in [0.25, 0.3) is 0 Å². The third-order valence-electron chi connectivity index (χ3n) is 8.48. The summed E-state index contributed by atoms with van der Waals surface area (Å²) in [6.07, 6.45) is 10.8. The lowest BCUT2D eigenvalue weighted by Gasteiger charge is -2.58. The number of halogens is 3. The van der Waals surface area contributed by atoms with Crippen LogP contribution in [-0.2, 0) is 14.3 Å². The average molecular weight is 437 g/mol. The highest BCUT2D eigenvalue weighted by Crippen LogP contribution is 2.65. The minimum absolute atomic E-state index is 0.0196. The molecule has 7 heteroatoms. The molecule has 2 saturated carbocycles. The first-order valence-electron chi connectivity index (χ1n) is 11.1. The zero-order chi connectivity index (χ0) is 21.7. The van der Waals surface area contributed by atoms with Gasteiger partial charge in [0.05, 0.1) is 0 Å². The molecule has 0 aromatic heterocycles. The van der Waals surface area contributed by atoms with E-state index in [1.165, 1.54) is 19.3 Å². The highest BCUT2D eigenvalue weighted by molar-refractivity contribution is 7.87. The SMILES string of the molecule is CCC[C@@H]1CC[C@@H]2[C@H](CC[C@]3(C)C(OS(=O)(=O)C(F)(F)F)=CC[C@@H]23)[C@@]1(C)CCC. The van der Waals surface area contributed by atoms with Crippen molar-refractivity contribution < 1.29 is 25.8 Å². The summed E-state index contributed by atoms with van der Waals surface area (Å²) >= 11 is 0. The molecule has 3 rings (SSSR count). The lowest BCUT2D eigenvalue weighted by Crippen LogP contribution is -2.51. The molecule has 6 atom stereocenters. The van der Waals surface area contributed by atoms with Crippen molar-refractivity contribution in [1.82, 2.24) is 0 Å². The Morgan fingerprint density at radius 3 is 2.38 bits per heavy atom. The van der Waals surface area contributed by atoms with E-state index in [0.717, 1.165) is 25.7 Å². The summed E-state index contributed by atoms with van der Waals surface area (Å²) in [6.45, 7) is 8.82. The standard InChI is InChI=1S/C22H35F3O3S/c1-5-7-15-8-9-16-17-10-11-19(28-29(26,27)22(23,24)25)21(17,4)14-12-18(16)20(15,3)13-6-2/h11,15-18H,5-10,12-14H2,1-4H3/t15-,16+,17+,18+,20+,21+/m1/s1. The van der Waals surface area contributed by atoms with E-state index in [1.807, 2.05) is 6.92 Å². The fraction of sp³-hybridized carbons (Fsp3) is 0.909. The monoisotopic (exact) mass is 436 g/mol. The van der Waals surface area contributed by atoms with Crippen molar-refractivity contribution in [2.24, 2.45) is 34.5 Å². The van der Waals surface area contributed by atoms with E-state index in [2.05, 4.69) is 25.0 Å². The van der Waals surface area contributed by atoms with Crippen LogP contribution in [0.2, 0.25) is 0 Å². The molecule has 0 aliphatic heterocycles. The van der Waals surface area contributed by atoms with Crippen LogP contribution in [-0.4, -0.2) is 13.9 Å². The zero-order valence-corrected chi connectivity index (χ0v) is 18.8. The first-order valence-corrected chi connectivity index (χ1v) is 12.5. The molecule has 0 spiro atoms. The fourth-order valence-corrected chi connectivity index (χ4v) is 7.70. The predicted octanol–water partition coefficient (Wildman–Crippen LogP) is 6.81. The third-order valence-corrected chi connectivity index (χ3v) is 9.45. The second-order valence-electron chi connectivity index (χ2n) is 9.94. The second kappa shape index (κ2) is 7.76. The molecule has 2 fully saturated rings. The van der Waals surface area contributed by atoms with Gasteiger partial charge in [0, 0.05) is 5.41 Å². The van der Waals surface area contributed by atoms with Gasteiger partial charge >= 0.3 is 15.6 Å². The van der Waals surface area contributed by atoms with Gasteiger partial charge in [0.2, 0.25) is 0 Å². The highest BCUT2D eigenvalue weighted by Gasteiger charge is 2.59. The maximum Gasteiger partial charge on any atom is 0.534 e. The lowest BCUT2D eigenvalue weighted by atomic mass is 9.46. The molecule has 0 N–H and O–H groups in total. The van der Waals surface area contributed by atoms with Crippen LogP contribution in [0, 0.1) is 34.5 Å². The summed E-state index contributed by atoms with van der Waals surface area (Å²) in [6, 6.07) is 0. The van der Waals surface area contributed by atoms with Crippen LogP contribution in [0.15, 0.2) is 11.8 Å². The molecule has 3 aliphatic carbocycles. The molecular formula is C22H35F3O3S. The minimum atomic E-state index is -5.62. The number of allylic oxidation sites excluding steroid dienone is 2. The van der Waals surface area contributed by atoms with E-state index in [4.69, 9.17) is 0 Å². The van der Waals surface area contributed by atoms with Crippen molar-refractivity contribution in [1.29, 1.82) is 0 Å². The molecular weight excluding hydrogens is 401 g/mol. The minimum Gasteiger partial charge on any atom is -0.380 e. The molecule has 3 aliphatic rings. The Balaban J connectivity index is 1.85. The quantitative estimate of drug-likeness (QED) is 0.339. The van der Waals surface area contributed by atoms with Gasteiger partial charge in [0.1, 0.15) is 5.76 Å². The van der Waals surface area contributed by atoms with Crippen molar-refractivity contribution in [2.75, 3.05) is 0 Å². The largest absolute Gasteiger partial charge is 0.534 e. The number of hydrogen-bond acceptors (Lipinski definition) is 3. The smallest absolute Gasteiger partial charge is 0.380 e. The van der Waals surface area contributed by atoms with Gasteiger partial charge in [-0.1, -0.05) is 47.0 Å². The van der Waals surface area contributed by atoms with Crippen molar-refractivity contribution in [3.8, 4) is 0 Å². The third kappa shape index (κ3) is 3.74. The Morgan fingerprint density at radius 2 is 1.79 bits per heavy atom. The van der Waals surface area contributed by atoms with E-state index in [0.29, 0.717) is 30.6 Å². The molecule has 0 heterocycles. The molecule has 0 bridgehead atoms. The second-order valence-corrected chi connectivity index (χ2v) is 11.5. The van der Waals surface area contributed by atoms with Gasteiger partial charge < -0.3 is 4.18 Å². The van der Waals surface area contributed by atoms with Gasteiger partial charge in [-0.05, 0) is 73.7 Å². The number of alkyl halides is 3. The Kier molecular flexibility index (Phi) is 6.14. The summed E-state index contributed by atoms with van der Waals surface area (Å²) < 4.78 is 66.5. The number of fused-ring (bicyclic) bond motifs is 3. The van der Waals surface area contributed by atoms with Gasteiger partial charge in [-0.25, -0.2) is 0 Å². The van der Waals surface area contributed by atoms with Gasteiger partial charge in [-0.3, -0.25) is 0 Å². The van der Waals surface area contributed by atoms with Crippen LogP contribution in [0.5, 0.6) is 0 Å². The van der Waals surface area contributed by atoms with E-state index in [1.54, 1.807) is 6.08 Å². The lowest BCUT2D eigenvalue weighted by molar-refractivity contribution is -0.0946. The first kappa shape index (κ1) is 23.0. The van der Waals surface area contributed by atoms with Gasteiger partial charge in [-0.15, -0.1) is 0 Å². The molecule has 29 heavy (non-hydrogen) atoms. The number of hydrogen-bond donors (Lipinski definition) is 0. The molecule has 0 aromatic carbocycles. The molecule has 0 aromatic rings. The van der Waals surface area contributed by atoms with Crippen LogP contribution < -0.4 is 0 Å². The van der Waals surface area contributed by atoms with E-state index < -0.39 is 21.0 Å². The van der Waals surface area contributed by atoms with Crippen molar-refractivity contribution in [3.63, 3.8) is 0 Å². The van der Waals surface area contributed by atoms with Gasteiger partial charge in [0.25, 0.3) is 0 Å². The first-order chi connectivity index (χ1) is 13.4. The maximum atomic E-state index is 12.9. The summed E-state index contributed by atoms with van der Waals surface area (Å²) in [5.41, 5.74) is -5.75. The van der Waals surface area contributed by atoms with Gasteiger partial charge in [0.15, 0.2) is 0 Å². The van der Waals surface area contributed by atoms with Crippen molar-refractivity contribution >= 4 is 10.1 Å². The average Bonchev–Trinajstić information content (AvgIpc) is 2.93. The van der Waals surface area contributed by atoms with Crippen LogP contribution in [0.1, 0.15) is 85.5 Å². The fourth-order valence-electron chi connectivity index (χ4n) is 7.11. The molecule has 3 nitrogen and oxygen atoms in total. The molecule has 0 amide bonds. The van der Waals surface area contributed by atoms with E-state index >= 15 is 0 Å². The Bertz CT molecular complexity index is 745. The molecule has 0 saturated heterocycles. The summed E-state index contributed by atoms with van der Waals surface area (Å²) in [4.78, 5) is 0. The van der Waals surface area contributed by atoms with Crippen LogP contribution >= 0.6 is 0 Å². The van der Waals surface area contributed by atoms with Crippen molar-refractivity contribution in [3.05, 3.63) is 11.8 Å². The van der Waals surface area contributed by atoms with Crippen LogP contribution in [0.3, 0.4) is 0 Å². The van der Waals surface area contributed by atoms with E-state index in [9.17, 15) is 21.6 Å². The molecule has 0 unspecified atom stereocenters. The summed E-state index contributed by atoms with van der Waals surface area (Å²) in [7, 11) is -5.62. The van der Waals surface area contributed by atoms with Crippen LogP contribution in [0.4, 0.5) is 13.2 Å². The normalized spacial score (nSPS) is 40.2.